The van der Waals surface area contributed by atoms with E-state index < -0.39 is 6.10 Å². The fourth-order valence-electron chi connectivity index (χ4n) is 2.99. The van der Waals surface area contributed by atoms with Gasteiger partial charge in [-0.2, -0.15) is 0 Å². The quantitative estimate of drug-likeness (QED) is 0.891. The summed E-state index contributed by atoms with van der Waals surface area (Å²) in [6.07, 6.45) is 2.23. The van der Waals surface area contributed by atoms with Gasteiger partial charge >= 0.3 is 0 Å². The maximum atomic E-state index is 12.9. The van der Waals surface area contributed by atoms with Gasteiger partial charge < -0.3 is 5.11 Å². The molecule has 2 heteroatoms. The molecule has 0 aromatic heterocycles. The average Bonchev–Trinajstić information content (AvgIpc) is 2.85. The smallest absolute Gasteiger partial charge is 0.123 e. The minimum atomic E-state index is -0.394. The molecule has 2 aromatic rings. The molecule has 1 nitrogen and oxygen atoms in total. The van der Waals surface area contributed by atoms with Crippen molar-refractivity contribution in [3.8, 4) is 0 Å². The van der Waals surface area contributed by atoms with Gasteiger partial charge in [-0.25, -0.2) is 4.39 Å². The Morgan fingerprint density at radius 3 is 2.63 bits per heavy atom. The highest BCUT2D eigenvalue weighted by molar-refractivity contribution is 5.36. The molecule has 0 bridgehead atoms. The molecule has 0 saturated heterocycles. The van der Waals surface area contributed by atoms with Gasteiger partial charge in [0.1, 0.15) is 5.82 Å². The SMILES string of the molecule is OC(Cc1ccc(F)cc1)C1CCc2ccccc21. The predicted molar refractivity (Wildman–Crippen MR) is 73.6 cm³/mol. The Bertz CT molecular complexity index is 562. The maximum absolute atomic E-state index is 12.9. The Kier molecular flexibility index (Phi) is 3.34. The molecule has 3 rings (SSSR count). The molecule has 2 atom stereocenters. The molecule has 0 fully saturated rings. The van der Waals surface area contributed by atoms with Crippen molar-refractivity contribution in [2.24, 2.45) is 0 Å². The molecule has 98 valence electrons. The Balaban J connectivity index is 1.75. The number of rotatable bonds is 3. The van der Waals surface area contributed by atoms with Gasteiger partial charge in [-0.05, 0) is 48.1 Å². The van der Waals surface area contributed by atoms with Gasteiger partial charge in [0.05, 0.1) is 6.10 Å². The van der Waals surface area contributed by atoms with Gasteiger partial charge in [-0.15, -0.1) is 0 Å². The summed E-state index contributed by atoms with van der Waals surface area (Å²) < 4.78 is 12.9. The summed E-state index contributed by atoms with van der Waals surface area (Å²) in [5.74, 6) is -0.0225. The third-order valence-corrected chi connectivity index (χ3v) is 4.00. The lowest BCUT2D eigenvalue weighted by molar-refractivity contribution is 0.143. The largest absolute Gasteiger partial charge is 0.392 e. The van der Waals surface area contributed by atoms with Crippen LogP contribution < -0.4 is 0 Å². The zero-order valence-corrected chi connectivity index (χ0v) is 10.7. The van der Waals surface area contributed by atoms with Gasteiger partial charge in [0.2, 0.25) is 0 Å². The molecule has 0 amide bonds. The van der Waals surface area contributed by atoms with E-state index in [1.54, 1.807) is 12.1 Å². The number of fused-ring (bicyclic) bond motifs is 1. The molecule has 0 saturated carbocycles. The van der Waals surface area contributed by atoms with Crippen molar-refractivity contribution in [1.29, 1.82) is 0 Å². The fourth-order valence-corrected chi connectivity index (χ4v) is 2.99. The van der Waals surface area contributed by atoms with Crippen molar-refractivity contribution >= 4 is 0 Å². The topological polar surface area (TPSA) is 20.2 Å². The Hall–Kier alpha value is -1.67. The molecule has 1 aliphatic rings. The third-order valence-electron chi connectivity index (χ3n) is 4.00. The van der Waals surface area contributed by atoms with Crippen molar-refractivity contribution < 1.29 is 9.50 Å². The molecule has 2 aromatic carbocycles. The monoisotopic (exact) mass is 256 g/mol. The second kappa shape index (κ2) is 5.14. The van der Waals surface area contributed by atoms with Crippen LogP contribution in [0.2, 0.25) is 0 Å². The number of aliphatic hydroxyl groups is 1. The number of halogens is 1. The first-order chi connectivity index (χ1) is 9.24. The van der Waals surface area contributed by atoms with Crippen LogP contribution in [0.15, 0.2) is 48.5 Å². The van der Waals surface area contributed by atoms with E-state index in [9.17, 15) is 9.50 Å². The Morgan fingerprint density at radius 1 is 1.11 bits per heavy atom. The van der Waals surface area contributed by atoms with E-state index in [0.29, 0.717) is 6.42 Å². The van der Waals surface area contributed by atoms with Crippen molar-refractivity contribution in [1.82, 2.24) is 0 Å². The van der Waals surface area contributed by atoms with Crippen molar-refractivity contribution in [2.75, 3.05) is 0 Å². The van der Waals surface area contributed by atoms with E-state index in [1.807, 2.05) is 12.1 Å². The van der Waals surface area contributed by atoms with E-state index in [2.05, 4.69) is 12.1 Å². The van der Waals surface area contributed by atoms with Crippen molar-refractivity contribution in [3.05, 3.63) is 71.0 Å². The first-order valence-corrected chi connectivity index (χ1v) is 6.74. The lowest BCUT2D eigenvalue weighted by Crippen LogP contribution is -2.19. The normalized spacial score (nSPS) is 19.2. The summed E-state index contributed by atoms with van der Waals surface area (Å²) in [5, 5.41) is 10.4. The van der Waals surface area contributed by atoms with E-state index in [1.165, 1.54) is 23.3 Å². The fraction of sp³-hybridized carbons (Fsp3) is 0.294. The molecule has 0 aliphatic heterocycles. The maximum Gasteiger partial charge on any atom is 0.123 e. The molecule has 0 heterocycles. The third kappa shape index (κ3) is 2.54. The van der Waals surface area contributed by atoms with Crippen LogP contribution >= 0.6 is 0 Å². The number of hydrogen-bond acceptors (Lipinski definition) is 1. The minimum Gasteiger partial charge on any atom is -0.392 e. The Labute approximate surface area is 112 Å². The van der Waals surface area contributed by atoms with Crippen LogP contribution in [0.4, 0.5) is 4.39 Å². The van der Waals surface area contributed by atoms with Crippen LogP contribution in [-0.4, -0.2) is 11.2 Å². The summed E-state index contributed by atoms with van der Waals surface area (Å²) in [6.45, 7) is 0. The molecular formula is C17H17FO. The molecule has 1 N–H and O–H groups in total. The number of aliphatic hydroxyl groups excluding tert-OH is 1. The number of aryl methyl sites for hydroxylation is 1. The van der Waals surface area contributed by atoms with Gasteiger partial charge in [-0.3, -0.25) is 0 Å². The van der Waals surface area contributed by atoms with Gasteiger partial charge in [0, 0.05) is 5.92 Å². The summed E-state index contributed by atoms with van der Waals surface area (Å²) in [4.78, 5) is 0. The van der Waals surface area contributed by atoms with Crippen molar-refractivity contribution in [3.63, 3.8) is 0 Å². The highest BCUT2D eigenvalue weighted by atomic mass is 19.1. The van der Waals surface area contributed by atoms with Crippen LogP contribution in [0.3, 0.4) is 0 Å². The molecule has 2 unspecified atom stereocenters. The van der Waals surface area contributed by atoms with Crippen LogP contribution in [0.1, 0.15) is 29.0 Å². The lowest BCUT2D eigenvalue weighted by atomic mass is 9.91. The molecule has 0 spiro atoms. The molecular weight excluding hydrogens is 239 g/mol. The summed E-state index contributed by atoms with van der Waals surface area (Å²) in [7, 11) is 0. The van der Waals surface area contributed by atoms with Crippen LogP contribution in [0.5, 0.6) is 0 Å². The summed E-state index contributed by atoms with van der Waals surface area (Å²) in [6, 6.07) is 14.7. The zero-order valence-electron chi connectivity index (χ0n) is 10.7. The van der Waals surface area contributed by atoms with Crippen molar-refractivity contribution in [2.45, 2.75) is 31.3 Å². The highest BCUT2D eigenvalue weighted by Gasteiger charge is 2.28. The second-order valence-electron chi connectivity index (χ2n) is 5.24. The summed E-state index contributed by atoms with van der Waals surface area (Å²) >= 11 is 0. The number of benzene rings is 2. The average molecular weight is 256 g/mol. The van der Waals surface area contributed by atoms with Crippen LogP contribution in [0.25, 0.3) is 0 Å². The van der Waals surface area contributed by atoms with Gasteiger partial charge in [-0.1, -0.05) is 36.4 Å². The highest BCUT2D eigenvalue weighted by Crippen LogP contribution is 2.36. The first kappa shape index (κ1) is 12.4. The molecule has 19 heavy (non-hydrogen) atoms. The minimum absolute atomic E-state index is 0.209. The van der Waals surface area contributed by atoms with Crippen LogP contribution in [-0.2, 0) is 12.8 Å². The van der Waals surface area contributed by atoms with Gasteiger partial charge in [0.25, 0.3) is 0 Å². The van der Waals surface area contributed by atoms with E-state index >= 15 is 0 Å². The summed E-state index contributed by atoms with van der Waals surface area (Å²) in [5.41, 5.74) is 3.61. The van der Waals surface area contributed by atoms with E-state index in [0.717, 1.165) is 18.4 Å². The predicted octanol–water partition coefficient (Wildman–Crippen LogP) is 3.46. The zero-order chi connectivity index (χ0) is 13.2. The Morgan fingerprint density at radius 2 is 1.84 bits per heavy atom. The van der Waals surface area contributed by atoms with E-state index in [4.69, 9.17) is 0 Å². The molecule has 1 aliphatic carbocycles. The lowest BCUT2D eigenvalue weighted by Gasteiger charge is -2.19. The van der Waals surface area contributed by atoms with E-state index in [-0.39, 0.29) is 11.7 Å². The number of hydrogen-bond donors (Lipinski definition) is 1. The second-order valence-corrected chi connectivity index (χ2v) is 5.24. The first-order valence-electron chi connectivity index (χ1n) is 6.74. The molecule has 0 radical (unpaired) electrons. The standard InChI is InChI=1S/C17H17FO/c18-14-8-5-12(6-9-14)11-17(19)16-10-7-13-3-1-2-4-15(13)16/h1-6,8-9,16-17,19H,7,10-11H2. The van der Waals surface area contributed by atoms with Crippen LogP contribution in [0, 0.1) is 5.82 Å². The van der Waals surface area contributed by atoms with Gasteiger partial charge in [0.15, 0.2) is 0 Å².